The van der Waals surface area contributed by atoms with Crippen molar-refractivity contribution >= 4 is 5.91 Å². The number of aromatic nitrogens is 1. The summed E-state index contributed by atoms with van der Waals surface area (Å²) in [5.74, 6) is -0.439. The number of nitrogens with zero attached hydrogens (tertiary/aromatic N) is 1. The van der Waals surface area contributed by atoms with Gasteiger partial charge in [0, 0.05) is 11.1 Å². The molecule has 1 unspecified atom stereocenters. The van der Waals surface area contributed by atoms with E-state index in [9.17, 15) is 4.79 Å². The zero-order valence-electron chi connectivity index (χ0n) is 10.8. The van der Waals surface area contributed by atoms with Gasteiger partial charge in [-0.3, -0.25) is 9.78 Å². The molecule has 2 N–H and O–H groups in total. The third-order valence-electron chi connectivity index (χ3n) is 3.39. The Morgan fingerprint density at radius 3 is 2.71 bits per heavy atom. The first kappa shape index (κ1) is 12.1. The van der Waals surface area contributed by atoms with Crippen LogP contribution in [0, 0.1) is 0 Å². The van der Waals surface area contributed by atoms with Crippen molar-refractivity contribution < 1.29 is 4.79 Å². The van der Waals surface area contributed by atoms with E-state index >= 15 is 0 Å². The molecule has 1 amide bonds. The van der Waals surface area contributed by atoms with Gasteiger partial charge < -0.3 is 5.73 Å². The van der Waals surface area contributed by atoms with E-state index in [-0.39, 0.29) is 17.2 Å². The number of aryl methyl sites for hydroxylation is 1. The fourth-order valence-corrected chi connectivity index (χ4v) is 2.34. The van der Waals surface area contributed by atoms with Crippen molar-refractivity contribution in [3.63, 3.8) is 0 Å². The zero-order chi connectivity index (χ0) is 12.6. The largest absolute Gasteiger partial charge is 0.369 e. The van der Waals surface area contributed by atoms with Gasteiger partial charge in [0.1, 0.15) is 0 Å². The molecule has 1 aromatic heterocycles. The molecule has 0 aromatic carbocycles. The van der Waals surface area contributed by atoms with E-state index in [1.807, 2.05) is 0 Å². The van der Waals surface area contributed by atoms with Crippen LogP contribution < -0.4 is 5.73 Å². The Kier molecular flexibility index (Phi) is 2.94. The first-order chi connectivity index (χ1) is 7.89. The van der Waals surface area contributed by atoms with E-state index in [1.165, 1.54) is 5.56 Å². The highest BCUT2D eigenvalue weighted by molar-refractivity contribution is 5.82. The monoisotopic (exact) mass is 232 g/mol. The maximum Gasteiger partial charge on any atom is 0.226 e. The van der Waals surface area contributed by atoms with Crippen LogP contribution in [0.3, 0.4) is 0 Å². The normalized spacial score (nSPS) is 19.8. The molecule has 1 aliphatic rings. The number of amides is 1. The summed E-state index contributed by atoms with van der Waals surface area (Å²) in [5.41, 5.74) is 8.60. The molecule has 92 valence electrons. The van der Waals surface area contributed by atoms with Crippen LogP contribution in [-0.4, -0.2) is 10.9 Å². The quantitative estimate of drug-likeness (QED) is 0.807. The first-order valence-electron chi connectivity index (χ1n) is 6.19. The number of hydrogen-bond donors (Lipinski definition) is 1. The van der Waals surface area contributed by atoms with Gasteiger partial charge >= 0.3 is 0 Å². The molecule has 0 radical (unpaired) electrons. The molecule has 0 aliphatic heterocycles. The van der Waals surface area contributed by atoms with Gasteiger partial charge in [0.2, 0.25) is 5.91 Å². The van der Waals surface area contributed by atoms with Gasteiger partial charge in [0.05, 0.1) is 11.6 Å². The topological polar surface area (TPSA) is 56.0 Å². The molecule has 0 spiro atoms. The van der Waals surface area contributed by atoms with Crippen LogP contribution in [0.2, 0.25) is 0 Å². The highest BCUT2D eigenvalue weighted by atomic mass is 16.1. The average Bonchev–Trinajstić information content (AvgIpc) is 2.26. The van der Waals surface area contributed by atoms with Crippen molar-refractivity contribution in [2.24, 2.45) is 5.73 Å². The minimum Gasteiger partial charge on any atom is -0.369 e. The highest BCUT2D eigenvalue weighted by Crippen LogP contribution is 2.32. The van der Waals surface area contributed by atoms with E-state index in [4.69, 9.17) is 5.73 Å². The molecule has 0 saturated carbocycles. The Morgan fingerprint density at radius 1 is 1.41 bits per heavy atom. The van der Waals surface area contributed by atoms with Crippen LogP contribution in [-0.2, 0) is 16.6 Å². The molecule has 1 aliphatic carbocycles. The second-order valence-corrected chi connectivity index (χ2v) is 5.84. The van der Waals surface area contributed by atoms with E-state index in [0.717, 1.165) is 30.7 Å². The van der Waals surface area contributed by atoms with Crippen molar-refractivity contribution in [3.05, 3.63) is 29.1 Å². The molecular weight excluding hydrogens is 212 g/mol. The van der Waals surface area contributed by atoms with E-state index in [2.05, 4.69) is 37.9 Å². The summed E-state index contributed by atoms with van der Waals surface area (Å²) < 4.78 is 0. The number of nitrogens with two attached hydrogens (primary N) is 1. The lowest BCUT2D eigenvalue weighted by Gasteiger charge is -2.25. The number of hydrogen-bond acceptors (Lipinski definition) is 2. The lowest BCUT2D eigenvalue weighted by atomic mass is 9.84. The van der Waals surface area contributed by atoms with E-state index in [0.29, 0.717) is 0 Å². The summed E-state index contributed by atoms with van der Waals surface area (Å²) in [6, 6.07) is 4.18. The Hall–Kier alpha value is -1.38. The van der Waals surface area contributed by atoms with Crippen molar-refractivity contribution in [2.75, 3.05) is 0 Å². The minimum atomic E-state index is -0.246. The van der Waals surface area contributed by atoms with Crippen molar-refractivity contribution in [2.45, 2.75) is 51.4 Å². The van der Waals surface area contributed by atoms with Crippen LogP contribution in [0.1, 0.15) is 56.5 Å². The predicted molar refractivity (Wildman–Crippen MR) is 67.8 cm³/mol. The maximum absolute atomic E-state index is 11.5. The van der Waals surface area contributed by atoms with Crippen LogP contribution in [0.4, 0.5) is 0 Å². The Labute approximate surface area is 102 Å². The van der Waals surface area contributed by atoms with Crippen LogP contribution >= 0.6 is 0 Å². The summed E-state index contributed by atoms with van der Waals surface area (Å²) in [6.45, 7) is 6.39. The number of carbonyl (C=O) groups is 1. The van der Waals surface area contributed by atoms with Gasteiger partial charge in [-0.2, -0.15) is 0 Å². The second-order valence-electron chi connectivity index (χ2n) is 5.84. The molecule has 0 saturated heterocycles. The number of pyridine rings is 1. The summed E-state index contributed by atoms with van der Waals surface area (Å²) in [4.78, 5) is 16.1. The predicted octanol–water partition coefficient (Wildman–Crippen LogP) is 2.28. The first-order valence-corrected chi connectivity index (χ1v) is 6.19. The molecule has 2 rings (SSSR count). The average molecular weight is 232 g/mol. The molecule has 1 aromatic rings. The molecule has 0 fully saturated rings. The summed E-state index contributed by atoms with van der Waals surface area (Å²) in [5, 5.41) is 0. The molecule has 0 bridgehead atoms. The smallest absolute Gasteiger partial charge is 0.226 e. The summed E-state index contributed by atoms with van der Waals surface area (Å²) >= 11 is 0. The molecule has 1 atom stereocenters. The SMILES string of the molecule is CC(C)(C)c1ccc2c(n1)C(C(N)=O)CCC2. The lowest BCUT2D eigenvalue weighted by Crippen LogP contribution is -2.27. The van der Waals surface area contributed by atoms with E-state index < -0.39 is 0 Å². The van der Waals surface area contributed by atoms with Crippen LogP contribution in [0.15, 0.2) is 12.1 Å². The number of primary amides is 1. The zero-order valence-corrected chi connectivity index (χ0v) is 10.8. The van der Waals surface area contributed by atoms with Crippen molar-refractivity contribution in [3.8, 4) is 0 Å². The Bertz CT molecular complexity index is 446. The molecule has 17 heavy (non-hydrogen) atoms. The Balaban J connectivity index is 2.48. The maximum atomic E-state index is 11.5. The third kappa shape index (κ3) is 2.33. The fourth-order valence-electron chi connectivity index (χ4n) is 2.34. The van der Waals surface area contributed by atoms with Crippen LogP contribution in [0.25, 0.3) is 0 Å². The van der Waals surface area contributed by atoms with Gasteiger partial charge in [-0.15, -0.1) is 0 Å². The highest BCUT2D eigenvalue weighted by Gasteiger charge is 2.27. The minimum absolute atomic E-state index is 0.00860. The fraction of sp³-hybridized carbons (Fsp3) is 0.571. The van der Waals surface area contributed by atoms with Gasteiger partial charge in [0.25, 0.3) is 0 Å². The molecule has 1 heterocycles. The van der Waals surface area contributed by atoms with Crippen molar-refractivity contribution in [1.82, 2.24) is 4.98 Å². The standard InChI is InChI=1S/C14H20N2O/c1-14(2,3)11-8-7-9-5-4-6-10(13(15)17)12(9)16-11/h7-8,10H,4-6H2,1-3H3,(H2,15,17). The lowest BCUT2D eigenvalue weighted by molar-refractivity contribution is -0.119. The molecule has 3 nitrogen and oxygen atoms in total. The third-order valence-corrected chi connectivity index (χ3v) is 3.39. The Morgan fingerprint density at radius 2 is 2.12 bits per heavy atom. The number of fused-ring (bicyclic) bond motifs is 1. The van der Waals surface area contributed by atoms with Gasteiger partial charge in [-0.1, -0.05) is 26.8 Å². The van der Waals surface area contributed by atoms with E-state index in [1.54, 1.807) is 0 Å². The van der Waals surface area contributed by atoms with Gasteiger partial charge in [0.15, 0.2) is 0 Å². The summed E-state index contributed by atoms with van der Waals surface area (Å²) in [7, 11) is 0. The van der Waals surface area contributed by atoms with Crippen molar-refractivity contribution in [1.29, 1.82) is 0 Å². The van der Waals surface area contributed by atoms with Gasteiger partial charge in [-0.05, 0) is 30.9 Å². The summed E-state index contributed by atoms with van der Waals surface area (Å²) in [6.07, 6.45) is 2.87. The number of rotatable bonds is 1. The molecular formula is C14H20N2O. The second kappa shape index (κ2) is 4.13. The van der Waals surface area contributed by atoms with Gasteiger partial charge in [-0.25, -0.2) is 0 Å². The molecule has 3 heteroatoms. The number of carbonyl (C=O) groups excluding carboxylic acids is 1. The van der Waals surface area contributed by atoms with Crippen LogP contribution in [0.5, 0.6) is 0 Å².